The molecule has 2 N–H and O–H groups in total. The number of aromatic carboxylic acids is 1. The molecule has 1 fully saturated rings. The maximum atomic E-state index is 13.4. The Morgan fingerprint density at radius 1 is 0.895 bits per heavy atom. The number of methoxy groups -OCH3 is 2. The number of rotatable bonds is 8. The number of likely N-dealkylation sites (tertiary alicyclic amines) is 1. The second-order valence-corrected chi connectivity index (χ2v) is 9.28. The highest BCUT2D eigenvalue weighted by atomic mass is 16.5. The zero-order chi connectivity index (χ0) is 27.6. The number of amides is 1. The highest BCUT2D eigenvalue weighted by Crippen LogP contribution is 2.44. The minimum atomic E-state index is -1.06. The van der Waals surface area contributed by atoms with Crippen LogP contribution in [0.5, 0.6) is 11.5 Å². The third kappa shape index (κ3) is 4.85. The van der Waals surface area contributed by atoms with Gasteiger partial charge in [-0.25, -0.2) is 4.79 Å². The van der Waals surface area contributed by atoms with E-state index in [1.54, 1.807) is 61.7 Å². The van der Waals surface area contributed by atoms with E-state index in [-0.39, 0.29) is 29.4 Å². The van der Waals surface area contributed by atoms with Crippen molar-refractivity contribution in [1.82, 2.24) is 4.90 Å². The number of hydrogen-bond acceptors (Lipinski definition) is 6. The van der Waals surface area contributed by atoms with Gasteiger partial charge in [-0.05, 0) is 53.4 Å². The number of carboxylic acid groups (broad SMARTS) is 1. The Bertz CT molecular complexity index is 1420. The van der Waals surface area contributed by atoms with E-state index in [0.717, 1.165) is 5.56 Å². The van der Waals surface area contributed by atoms with Crippen molar-refractivity contribution in [2.75, 3.05) is 14.2 Å². The first kappa shape index (κ1) is 26.5. The Balaban J connectivity index is 1.88. The highest BCUT2D eigenvalue weighted by molar-refractivity contribution is 6.46. The standard InChI is InChI=1S/C30H29NO7/c1-17(2)22-15-20(13-14-24(22)38-4)27(32)25-26(21-7-5-6-8-23(21)37-3)31(29(34)28(25)33)16-18-9-11-19(12-10-18)30(35)36/h5-15,17,26,32H,16H2,1-4H3,(H,35,36)/b27-25+. The number of para-hydroxylation sites is 1. The normalized spacial score (nSPS) is 16.7. The molecular formula is C30H29NO7. The van der Waals surface area contributed by atoms with Crippen LogP contribution in [0.2, 0.25) is 0 Å². The smallest absolute Gasteiger partial charge is 0.335 e. The van der Waals surface area contributed by atoms with Gasteiger partial charge in [-0.1, -0.05) is 44.2 Å². The van der Waals surface area contributed by atoms with Crippen molar-refractivity contribution in [2.24, 2.45) is 0 Å². The third-order valence-electron chi connectivity index (χ3n) is 6.65. The summed E-state index contributed by atoms with van der Waals surface area (Å²) < 4.78 is 11.0. The molecule has 3 aromatic rings. The monoisotopic (exact) mass is 515 g/mol. The molecule has 1 saturated heterocycles. The Morgan fingerprint density at radius 3 is 2.13 bits per heavy atom. The molecule has 196 valence electrons. The average molecular weight is 516 g/mol. The lowest BCUT2D eigenvalue weighted by Crippen LogP contribution is -2.29. The van der Waals surface area contributed by atoms with E-state index in [9.17, 15) is 24.6 Å². The van der Waals surface area contributed by atoms with Crippen LogP contribution in [0.15, 0.2) is 72.3 Å². The molecule has 0 aromatic heterocycles. The summed E-state index contributed by atoms with van der Waals surface area (Å²) in [6.07, 6.45) is 0. The van der Waals surface area contributed by atoms with Crippen LogP contribution in [-0.4, -0.2) is 47.0 Å². The van der Waals surface area contributed by atoms with Crippen LogP contribution in [-0.2, 0) is 16.1 Å². The first-order valence-electron chi connectivity index (χ1n) is 12.1. The summed E-state index contributed by atoms with van der Waals surface area (Å²) >= 11 is 0. The molecule has 38 heavy (non-hydrogen) atoms. The summed E-state index contributed by atoms with van der Waals surface area (Å²) in [6.45, 7) is 4.00. The van der Waals surface area contributed by atoms with Crippen LogP contribution < -0.4 is 9.47 Å². The molecule has 0 aliphatic carbocycles. The van der Waals surface area contributed by atoms with Crippen LogP contribution in [0.4, 0.5) is 0 Å². The third-order valence-corrected chi connectivity index (χ3v) is 6.65. The summed E-state index contributed by atoms with van der Waals surface area (Å²) in [4.78, 5) is 39.4. The fourth-order valence-electron chi connectivity index (χ4n) is 4.70. The minimum absolute atomic E-state index is 0.0177. The van der Waals surface area contributed by atoms with Crippen LogP contribution in [0.1, 0.15) is 58.4 Å². The van der Waals surface area contributed by atoms with Gasteiger partial charge in [-0.3, -0.25) is 9.59 Å². The fourth-order valence-corrected chi connectivity index (χ4v) is 4.70. The predicted molar refractivity (Wildman–Crippen MR) is 141 cm³/mol. The molecule has 8 heteroatoms. The molecule has 0 spiro atoms. The lowest BCUT2D eigenvalue weighted by molar-refractivity contribution is -0.140. The molecule has 3 aromatic carbocycles. The largest absolute Gasteiger partial charge is 0.507 e. The van der Waals surface area contributed by atoms with Gasteiger partial charge in [-0.2, -0.15) is 0 Å². The summed E-state index contributed by atoms with van der Waals surface area (Å²) in [5.41, 5.74) is 2.45. The topological polar surface area (TPSA) is 113 Å². The molecule has 1 unspecified atom stereocenters. The summed E-state index contributed by atoms with van der Waals surface area (Å²) in [6, 6.07) is 17.3. The van der Waals surface area contributed by atoms with E-state index in [1.807, 2.05) is 13.8 Å². The molecular weight excluding hydrogens is 486 g/mol. The predicted octanol–water partition coefficient (Wildman–Crippen LogP) is 5.15. The number of carbonyl (C=O) groups is 3. The number of hydrogen-bond donors (Lipinski definition) is 2. The van der Waals surface area contributed by atoms with Crippen LogP contribution in [0.25, 0.3) is 5.76 Å². The van der Waals surface area contributed by atoms with E-state index >= 15 is 0 Å². The zero-order valence-corrected chi connectivity index (χ0v) is 21.6. The van der Waals surface area contributed by atoms with Crippen molar-refractivity contribution in [3.05, 3.63) is 100 Å². The second-order valence-electron chi connectivity index (χ2n) is 9.28. The number of benzene rings is 3. The number of nitrogens with zero attached hydrogens (tertiary/aromatic N) is 1. The van der Waals surface area contributed by atoms with Crippen molar-refractivity contribution in [3.8, 4) is 11.5 Å². The van der Waals surface area contributed by atoms with Gasteiger partial charge >= 0.3 is 5.97 Å². The molecule has 1 atom stereocenters. The minimum Gasteiger partial charge on any atom is -0.507 e. The number of carbonyl (C=O) groups excluding carboxylic acids is 2. The Hall–Kier alpha value is -4.59. The Labute approximate surface area is 220 Å². The van der Waals surface area contributed by atoms with Gasteiger partial charge in [-0.15, -0.1) is 0 Å². The van der Waals surface area contributed by atoms with Gasteiger partial charge < -0.3 is 24.6 Å². The number of carboxylic acids is 1. The molecule has 8 nitrogen and oxygen atoms in total. The van der Waals surface area contributed by atoms with Gasteiger partial charge in [0.1, 0.15) is 17.3 Å². The maximum absolute atomic E-state index is 13.4. The fraction of sp³-hybridized carbons (Fsp3) is 0.233. The molecule has 1 amide bonds. The van der Waals surface area contributed by atoms with Crippen LogP contribution >= 0.6 is 0 Å². The highest BCUT2D eigenvalue weighted by Gasteiger charge is 2.47. The quantitative estimate of drug-likeness (QED) is 0.242. The number of aliphatic hydroxyl groups excluding tert-OH is 1. The van der Waals surface area contributed by atoms with Crippen molar-refractivity contribution in [2.45, 2.75) is 32.4 Å². The van der Waals surface area contributed by atoms with Gasteiger partial charge in [0.25, 0.3) is 11.7 Å². The summed E-state index contributed by atoms with van der Waals surface area (Å²) in [7, 11) is 3.06. The van der Waals surface area contributed by atoms with E-state index in [1.165, 1.54) is 24.1 Å². The van der Waals surface area contributed by atoms with E-state index in [2.05, 4.69) is 0 Å². The van der Waals surface area contributed by atoms with Gasteiger partial charge in [0.2, 0.25) is 0 Å². The number of aliphatic hydroxyl groups is 1. The van der Waals surface area contributed by atoms with E-state index in [0.29, 0.717) is 28.2 Å². The molecule has 1 aliphatic heterocycles. The molecule has 4 rings (SSSR count). The molecule has 0 radical (unpaired) electrons. The van der Waals surface area contributed by atoms with Crippen molar-refractivity contribution in [3.63, 3.8) is 0 Å². The average Bonchev–Trinajstić information content (AvgIpc) is 3.17. The lowest BCUT2D eigenvalue weighted by atomic mass is 9.92. The molecule has 1 heterocycles. The van der Waals surface area contributed by atoms with Crippen LogP contribution in [0.3, 0.4) is 0 Å². The van der Waals surface area contributed by atoms with Crippen molar-refractivity contribution < 1.29 is 34.1 Å². The van der Waals surface area contributed by atoms with Gasteiger partial charge in [0.05, 0.1) is 31.4 Å². The van der Waals surface area contributed by atoms with Crippen molar-refractivity contribution >= 4 is 23.4 Å². The van der Waals surface area contributed by atoms with Crippen LogP contribution in [0, 0.1) is 0 Å². The summed E-state index contributed by atoms with van der Waals surface area (Å²) in [5.74, 6) is -1.76. The number of ketones is 1. The summed E-state index contributed by atoms with van der Waals surface area (Å²) in [5, 5.41) is 20.7. The first-order valence-corrected chi connectivity index (χ1v) is 12.1. The number of ether oxygens (including phenoxy) is 2. The Morgan fingerprint density at radius 2 is 1.53 bits per heavy atom. The van der Waals surface area contributed by atoms with Gasteiger partial charge in [0, 0.05) is 17.7 Å². The van der Waals surface area contributed by atoms with E-state index < -0.39 is 23.7 Å². The lowest BCUT2D eigenvalue weighted by Gasteiger charge is -2.26. The van der Waals surface area contributed by atoms with E-state index in [4.69, 9.17) is 9.47 Å². The second kappa shape index (κ2) is 10.8. The SMILES string of the molecule is COc1ccc(/C(O)=C2\C(=O)C(=O)N(Cc3ccc(C(=O)O)cc3)C2c2ccccc2OC)cc1C(C)C. The van der Waals surface area contributed by atoms with Crippen molar-refractivity contribution in [1.29, 1.82) is 0 Å². The number of Topliss-reactive ketones (excluding diaryl/α,β-unsaturated/α-hetero) is 1. The maximum Gasteiger partial charge on any atom is 0.335 e. The zero-order valence-electron chi connectivity index (χ0n) is 21.6. The molecule has 1 aliphatic rings. The Kier molecular flexibility index (Phi) is 7.52. The molecule has 0 saturated carbocycles. The van der Waals surface area contributed by atoms with Gasteiger partial charge in [0.15, 0.2) is 0 Å². The molecule has 0 bridgehead atoms. The first-order chi connectivity index (χ1) is 18.2.